The van der Waals surface area contributed by atoms with Crippen LogP contribution in [0.25, 0.3) is 16.9 Å². The Morgan fingerprint density at radius 2 is 2.06 bits per heavy atom. The van der Waals surface area contributed by atoms with Gasteiger partial charge in [-0.05, 0) is 64.8 Å². The zero-order valence-corrected chi connectivity index (χ0v) is 18.2. The van der Waals surface area contributed by atoms with Crippen molar-refractivity contribution in [2.75, 3.05) is 11.4 Å². The predicted molar refractivity (Wildman–Crippen MR) is 116 cm³/mol. The number of nitrogens with zero attached hydrogens (tertiary/aromatic N) is 6. The number of anilines is 1. The molecule has 0 saturated carbocycles. The van der Waals surface area contributed by atoms with Gasteiger partial charge in [0.2, 0.25) is 0 Å². The number of carbonyl (C=O) groups is 1. The van der Waals surface area contributed by atoms with Gasteiger partial charge in [-0.2, -0.15) is 10.4 Å². The molecule has 1 fully saturated rings. The lowest BCUT2D eigenvalue weighted by Gasteiger charge is -2.38. The average molecular weight is 419 g/mol. The Bertz CT molecular complexity index is 1160. The summed E-state index contributed by atoms with van der Waals surface area (Å²) in [4.78, 5) is 23.7. The van der Waals surface area contributed by atoms with Crippen molar-refractivity contribution in [2.45, 2.75) is 52.2 Å². The lowest BCUT2D eigenvalue weighted by molar-refractivity contribution is -0.161. The number of hydrogen-bond acceptors (Lipinski definition) is 7. The molecule has 4 rings (SSSR count). The van der Waals surface area contributed by atoms with Gasteiger partial charge < -0.3 is 9.64 Å². The van der Waals surface area contributed by atoms with E-state index < -0.39 is 5.60 Å². The molecule has 0 amide bonds. The molecular formula is C23H26N6O2. The van der Waals surface area contributed by atoms with Gasteiger partial charge in [0.25, 0.3) is 0 Å². The first-order valence-corrected chi connectivity index (χ1v) is 10.5. The van der Waals surface area contributed by atoms with Crippen molar-refractivity contribution in [3.8, 4) is 17.5 Å². The van der Waals surface area contributed by atoms with E-state index in [1.54, 1.807) is 22.8 Å². The van der Waals surface area contributed by atoms with Crippen molar-refractivity contribution < 1.29 is 9.53 Å². The molecule has 1 aliphatic heterocycles. The molecule has 3 aromatic rings. The van der Waals surface area contributed by atoms with E-state index >= 15 is 0 Å². The molecule has 0 spiro atoms. The van der Waals surface area contributed by atoms with Crippen LogP contribution in [0.5, 0.6) is 0 Å². The smallest absolute Gasteiger partial charge is 0.309 e. The van der Waals surface area contributed by atoms with Gasteiger partial charge in [0.05, 0.1) is 28.9 Å². The van der Waals surface area contributed by atoms with Crippen LogP contribution in [-0.4, -0.2) is 43.7 Å². The van der Waals surface area contributed by atoms with Crippen molar-refractivity contribution in [3.63, 3.8) is 0 Å². The monoisotopic (exact) mass is 418 g/mol. The van der Waals surface area contributed by atoms with Gasteiger partial charge in [-0.15, -0.1) is 0 Å². The minimum atomic E-state index is -0.477. The van der Waals surface area contributed by atoms with E-state index in [-0.39, 0.29) is 17.9 Å². The summed E-state index contributed by atoms with van der Waals surface area (Å²) in [5.41, 5.74) is 2.42. The van der Waals surface area contributed by atoms with E-state index in [0.717, 1.165) is 23.4 Å². The topological polar surface area (TPSA) is 96.4 Å². The largest absolute Gasteiger partial charge is 0.460 e. The molecule has 0 N–H and O–H groups in total. The molecule has 0 aliphatic carbocycles. The van der Waals surface area contributed by atoms with Gasteiger partial charge in [-0.25, -0.2) is 9.50 Å². The minimum Gasteiger partial charge on any atom is -0.460 e. The number of aromatic nitrogens is 4. The summed E-state index contributed by atoms with van der Waals surface area (Å²) in [6.45, 7) is 8.50. The first-order chi connectivity index (χ1) is 14.8. The molecule has 160 valence electrons. The van der Waals surface area contributed by atoms with Crippen LogP contribution in [0, 0.1) is 17.2 Å². The molecular weight excluding hydrogens is 392 g/mol. The third-order valence-corrected chi connectivity index (χ3v) is 5.47. The van der Waals surface area contributed by atoms with E-state index in [1.807, 2.05) is 32.9 Å². The third kappa shape index (κ3) is 4.22. The number of piperidine rings is 1. The fourth-order valence-corrected chi connectivity index (χ4v) is 4.06. The van der Waals surface area contributed by atoms with Gasteiger partial charge in [0.15, 0.2) is 5.82 Å². The summed E-state index contributed by atoms with van der Waals surface area (Å²) in [7, 11) is 0. The van der Waals surface area contributed by atoms with E-state index in [1.165, 1.54) is 6.33 Å². The van der Waals surface area contributed by atoms with Crippen LogP contribution in [0.4, 0.5) is 5.82 Å². The fourth-order valence-electron chi connectivity index (χ4n) is 4.06. The molecule has 8 nitrogen and oxygen atoms in total. The zero-order valence-electron chi connectivity index (χ0n) is 18.2. The van der Waals surface area contributed by atoms with Crippen LogP contribution in [0.2, 0.25) is 0 Å². The Kier molecular flexibility index (Phi) is 5.36. The summed E-state index contributed by atoms with van der Waals surface area (Å²) in [5, 5.41) is 13.6. The molecule has 0 bridgehead atoms. The second kappa shape index (κ2) is 7.99. The second-order valence-electron chi connectivity index (χ2n) is 8.94. The van der Waals surface area contributed by atoms with Crippen LogP contribution >= 0.6 is 0 Å². The van der Waals surface area contributed by atoms with Gasteiger partial charge in [-0.1, -0.05) is 0 Å². The Labute approximate surface area is 181 Å². The summed E-state index contributed by atoms with van der Waals surface area (Å²) in [5.74, 6) is 0.594. The van der Waals surface area contributed by atoms with Gasteiger partial charge >= 0.3 is 5.97 Å². The highest BCUT2D eigenvalue weighted by molar-refractivity contribution is 5.76. The van der Waals surface area contributed by atoms with Crippen molar-refractivity contribution in [1.29, 1.82) is 5.26 Å². The van der Waals surface area contributed by atoms with Crippen LogP contribution in [0.1, 0.15) is 46.1 Å². The van der Waals surface area contributed by atoms with E-state index in [4.69, 9.17) is 4.74 Å². The van der Waals surface area contributed by atoms with E-state index in [9.17, 15) is 10.1 Å². The van der Waals surface area contributed by atoms with Crippen LogP contribution < -0.4 is 4.90 Å². The van der Waals surface area contributed by atoms with Gasteiger partial charge in [0.1, 0.15) is 17.4 Å². The molecule has 31 heavy (non-hydrogen) atoms. The molecule has 3 aromatic heterocycles. The average Bonchev–Trinajstić information content (AvgIpc) is 3.17. The van der Waals surface area contributed by atoms with Gasteiger partial charge in [0, 0.05) is 18.8 Å². The van der Waals surface area contributed by atoms with Crippen LogP contribution in [0.3, 0.4) is 0 Å². The highest BCUT2D eigenvalue weighted by atomic mass is 16.6. The zero-order chi connectivity index (χ0) is 22.2. The normalized spacial score (nSPS) is 19.3. The quantitative estimate of drug-likeness (QED) is 0.600. The maximum absolute atomic E-state index is 12.5. The maximum Gasteiger partial charge on any atom is 0.309 e. The molecule has 2 atom stereocenters. The molecule has 4 heterocycles. The Balaban J connectivity index is 1.60. The summed E-state index contributed by atoms with van der Waals surface area (Å²) < 4.78 is 7.39. The lowest BCUT2D eigenvalue weighted by Crippen LogP contribution is -2.44. The van der Waals surface area contributed by atoms with Crippen molar-refractivity contribution >= 4 is 17.3 Å². The summed E-state index contributed by atoms with van der Waals surface area (Å²) >= 11 is 0. The number of pyridine rings is 1. The Hall–Kier alpha value is -3.47. The highest BCUT2D eigenvalue weighted by Crippen LogP contribution is 2.32. The minimum absolute atomic E-state index is 0.108. The number of esters is 1. The molecule has 0 aromatic carbocycles. The predicted octanol–water partition coefficient (Wildman–Crippen LogP) is 3.61. The lowest BCUT2D eigenvalue weighted by atomic mass is 9.91. The van der Waals surface area contributed by atoms with Crippen molar-refractivity contribution in [2.24, 2.45) is 5.92 Å². The van der Waals surface area contributed by atoms with Crippen LogP contribution in [-0.2, 0) is 9.53 Å². The molecule has 1 aliphatic rings. The Morgan fingerprint density at radius 1 is 1.26 bits per heavy atom. The fraction of sp³-hybridized carbons (Fsp3) is 0.435. The number of carbonyl (C=O) groups excluding carboxylic acids is 1. The van der Waals surface area contributed by atoms with Gasteiger partial charge in [-0.3, -0.25) is 9.78 Å². The standard InChI is InChI=1S/C23H26N6O2/c1-15-11-17(22(30)31-23(2,3)4)8-10-28(15)21-20-6-5-19(29(20)27-14-26-21)18-12-16(13-24)7-9-25-18/h5-7,9,12,14-15,17H,8,10-11H2,1-4H3/t15-,17-/m0/s1. The summed E-state index contributed by atoms with van der Waals surface area (Å²) in [6.07, 6.45) is 4.59. The maximum atomic E-state index is 12.5. The number of nitriles is 1. The van der Waals surface area contributed by atoms with Crippen molar-refractivity contribution in [1.82, 2.24) is 19.6 Å². The van der Waals surface area contributed by atoms with E-state index in [0.29, 0.717) is 24.2 Å². The SMILES string of the molecule is C[C@H]1C[C@@H](C(=O)OC(C)(C)C)CCN1c1ncnn2c(-c3cc(C#N)ccn3)ccc12. The molecule has 0 unspecified atom stereocenters. The van der Waals surface area contributed by atoms with Crippen LogP contribution in [0.15, 0.2) is 36.8 Å². The molecule has 1 saturated heterocycles. The number of fused-ring (bicyclic) bond motifs is 1. The molecule has 8 heteroatoms. The van der Waals surface area contributed by atoms with Crippen molar-refractivity contribution in [3.05, 3.63) is 42.4 Å². The van der Waals surface area contributed by atoms with E-state index in [2.05, 4.69) is 33.0 Å². The first-order valence-electron chi connectivity index (χ1n) is 10.5. The second-order valence-corrected chi connectivity index (χ2v) is 8.94. The molecule has 0 radical (unpaired) electrons. The first kappa shape index (κ1) is 20.8. The summed E-state index contributed by atoms with van der Waals surface area (Å²) in [6, 6.07) is 9.61. The number of hydrogen-bond donors (Lipinski definition) is 0. The number of rotatable bonds is 3. The highest BCUT2D eigenvalue weighted by Gasteiger charge is 2.34. The Morgan fingerprint density at radius 3 is 2.77 bits per heavy atom. The number of ether oxygens (including phenoxy) is 1. The third-order valence-electron chi connectivity index (χ3n) is 5.47.